The summed E-state index contributed by atoms with van der Waals surface area (Å²) in [6.07, 6.45) is 19.6. The van der Waals surface area contributed by atoms with Crippen molar-refractivity contribution in [1.29, 1.82) is 0 Å². The van der Waals surface area contributed by atoms with E-state index in [1.165, 1.54) is 83.5 Å². The van der Waals surface area contributed by atoms with Crippen LogP contribution < -0.4 is 0 Å². The van der Waals surface area contributed by atoms with Gasteiger partial charge in [-0.25, -0.2) is 0 Å². The third-order valence-corrected chi connectivity index (χ3v) is 4.73. The van der Waals surface area contributed by atoms with Gasteiger partial charge >= 0.3 is 0 Å². The Labute approximate surface area is 150 Å². The molecule has 0 spiro atoms. The van der Waals surface area contributed by atoms with Crippen molar-refractivity contribution in [3.63, 3.8) is 0 Å². The van der Waals surface area contributed by atoms with Crippen LogP contribution in [0.4, 0.5) is 0 Å². The molecule has 0 radical (unpaired) electrons. The maximum Gasteiger partial charge on any atom is 0.135 e. The van der Waals surface area contributed by atoms with Gasteiger partial charge in [-0.05, 0) is 6.42 Å². The molecule has 144 valence electrons. The highest BCUT2D eigenvalue weighted by molar-refractivity contribution is 5.78. The summed E-state index contributed by atoms with van der Waals surface area (Å²) in [7, 11) is 0. The highest BCUT2D eigenvalue weighted by atomic mass is 16.3. The molecule has 24 heavy (non-hydrogen) atoms. The molecule has 0 aromatic heterocycles. The Hall–Kier alpha value is -0.410. The summed E-state index contributed by atoms with van der Waals surface area (Å²) in [6, 6.07) is 0. The number of hydrogen-bond acceptors (Lipinski definition) is 3. The molecule has 0 aromatic rings. The Bertz CT molecular complexity index is 266. The number of carbonyl (C=O) groups excluding carboxylic acids is 1. The topological polar surface area (TPSA) is 57.5 Å². The molecule has 1 atom stereocenters. The summed E-state index contributed by atoms with van der Waals surface area (Å²) in [5.74, 6) is 0.0752. The van der Waals surface area contributed by atoms with Gasteiger partial charge in [-0.2, -0.15) is 0 Å². The van der Waals surface area contributed by atoms with Gasteiger partial charge < -0.3 is 10.2 Å². The van der Waals surface area contributed by atoms with Crippen LogP contribution in [0.5, 0.6) is 0 Å². The van der Waals surface area contributed by atoms with Gasteiger partial charge in [-0.3, -0.25) is 4.79 Å². The minimum atomic E-state index is -0.867. The molecule has 0 aliphatic carbocycles. The van der Waals surface area contributed by atoms with E-state index >= 15 is 0 Å². The molecule has 0 aliphatic rings. The Morgan fingerprint density at radius 2 is 1.08 bits per heavy atom. The number of rotatable bonds is 19. The van der Waals surface area contributed by atoms with E-state index in [0.29, 0.717) is 6.42 Å². The SMILES string of the molecule is CCCCCCCCCCCCCCCCCC(=O)C[C@@H](O)CO. The lowest BCUT2D eigenvalue weighted by Crippen LogP contribution is -2.17. The second kappa shape index (κ2) is 18.9. The van der Waals surface area contributed by atoms with Gasteiger partial charge in [-0.15, -0.1) is 0 Å². The summed E-state index contributed by atoms with van der Waals surface area (Å²) in [5.41, 5.74) is 0. The van der Waals surface area contributed by atoms with Crippen molar-refractivity contribution in [2.45, 2.75) is 122 Å². The highest BCUT2D eigenvalue weighted by Gasteiger charge is 2.08. The van der Waals surface area contributed by atoms with Crippen LogP contribution in [0.15, 0.2) is 0 Å². The van der Waals surface area contributed by atoms with Crippen LogP contribution in [-0.2, 0) is 4.79 Å². The molecule has 0 aliphatic heterocycles. The Kier molecular flexibility index (Phi) is 18.6. The number of carbonyl (C=O) groups is 1. The van der Waals surface area contributed by atoms with Crippen molar-refractivity contribution in [2.75, 3.05) is 6.61 Å². The number of aliphatic hydroxyl groups is 2. The monoisotopic (exact) mass is 342 g/mol. The molecule has 2 N–H and O–H groups in total. The largest absolute Gasteiger partial charge is 0.394 e. The van der Waals surface area contributed by atoms with Crippen molar-refractivity contribution >= 4 is 5.78 Å². The maximum atomic E-state index is 11.5. The summed E-state index contributed by atoms with van der Waals surface area (Å²) < 4.78 is 0. The number of aliphatic hydroxyl groups excluding tert-OH is 2. The molecule has 0 rings (SSSR count). The fraction of sp³-hybridized carbons (Fsp3) is 0.952. The predicted molar refractivity (Wildman–Crippen MR) is 102 cm³/mol. The van der Waals surface area contributed by atoms with Crippen LogP contribution in [0.25, 0.3) is 0 Å². The molecule has 3 nitrogen and oxygen atoms in total. The lowest BCUT2D eigenvalue weighted by Gasteiger charge is -2.06. The van der Waals surface area contributed by atoms with Gasteiger partial charge in [0.15, 0.2) is 0 Å². The third kappa shape index (κ3) is 17.9. The van der Waals surface area contributed by atoms with Crippen molar-refractivity contribution < 1.29 is 15.0 Å². The van der Waals surface area contributed by atoms with E-state index in [4.69, 9.17) is 5.11 Å². The van der Waals surface area contributed by atoms with E-state index < -0.39 is 6.10 Å². The van der Waals surface area contributed by atoms with Crippen molar-refractivity contribution in [2.24, 2.45) is 0 Å². The molecule has 0 heterocycles. The third-order valence-electron chi connectivity index (χ3n) is 4.73. The van der Waals surface area contributed by atoms with Crippen molar-refractivity contribution in [3.8, 4) is 0 Å². The molecule has 0 saturated carbocycles. The van der Waals surface area contributed by atoms with Crippen LogP contribution in [0.2, 0.25) is 0 Å². The summed E-state index contributed by atoms with van der Waals surface area (Å²) in [4.78, 5) is 11.5. The van der Waals surface area contributed by atoms with Crippen LogP contribution in [0, 0.1) is 0 Å². The minimum Gasteiger partial charge on any atom is -0.394 e. The molecule has 0 unspecified atom stereocenters. The Morgan fingerprint density at radius 1 is 0.708 bits per heavy atom. The van der Waals surface area contributed by atoms with Gasteiger partial charge in [0.2, 0.25) is 0 Å². The lowest BCUT2D eigenvalue weighted by molar-refractivity contribution is -0.121. The average Bonchev–Trinajstić information content (AvgIpc) is 2.58. The summed E-state index contributed by atoms with van der Waals surface area (Å²) in [6.45, 7) is 1.95. The Morgan fingerprint density at radius 3 is 1.46 bits per heavy atom. The first kappa shape index (κ1) is 23.6. The van der Waals surface area contributed by atoms with Crippen LogP contribution in [0.3, 0.4) is 0 Å². The van der Waals surface area contributed by atoms with E-state index in [1.807, 2.05) is 0 Å². The van der Waals surface area contributed by atoms with Crippen LogP contribution >= 0.6 is 0 Å². The van der Waals surface area contributed by atoms with E-state index in [0.717, 1.165) is 12.8 Å². The summed E-state index contributed by atoms with van der Waals surface area (Å²) in [5, 5.41) is 17.9. The van der Waals surface area contributed by atoms with Crippen LogP contribution in [0.1, 0.15) is 116 Å². The predicted octanol–water partition coefficient (Wildman–Crippen LogP) is 5.56. The first-order valence-corrected chi connectivity index (χ1v) is 10.5. The molecule has 0 amide bonds. The first-order chi connectivity index (χ1) is 11.7. The second-order valence-corrected chi connectivity index (χ2v) is 7.28. The standard InChI is InChI=1S/C21H42O3/c1-2-3-4-5-6-7-8-9-10-11-12-13-14-15-16-17-20(23)18-21(24)19-22/h21-22,24H,2-19H2,1H3/t21-/m1/s1. The van der Waals surface area contributed by atoms with E-state index in [9.17, 15) is 9.90 Å². The number of ketones is 1. The minimum absolute atomic E-state index is 0.0752. The molecular weight excluding hydrogens is 300 g/mol. The molecule has 0 aromatic carbocycles. The molecule has 0 bridgehead atoms. The zero-order valence-electron chi connectivity index (χ0n) is 16.1. The number of hydrogen-bond donors (Lipinski definition) is 2. The van der Waals surface area contributed by atoms with Crippen LogP contribution in [-0.4, -0.2) is 28.7 Å². The van der Waals surface area contributed by atoms with Gasteiger partial charge in [-0.1, -0.05) is 96.8 Å². The lowest BCUT2D eigenvalue weighted by atomic mass is 10.0. The van der Waals surface area contributed by atoms with Crippen molar-refractivity contribution in [1.82, 2.24) is 0 Å². The molecular formula is C21H42O3. The van der Waals surface area contributed by atoms with Gasteiger partial charge in [0.25, 0.3) is 0 Å². The molecule has 3 heteroatoms. The normalized spacial score (nSPS) is 12.5. The zero-order valence-corrected chi connectivity index (χ0v) is 16.1. The average molecular weight is 343 g/mol. The maximum absolute atomic E-state index is 11.5. The number of Topliss-reactive ketones (excluding diaryl/α,β-unsaturated/α-hetero) is 1. The van der Waals surface area contributed by atoms with Gasteiger partial charge in [0.1, 0.15) is 5.78 Å². The fourth-order valence-electron chi connectivity index (χ4n) is 3.12. The molecule has 0 saturated heterocycles. The highest BCUT2D eigenvalue weighted by Crippen LogP contribution is 2.14. The Balaban J connectivity index is 3.11. The number of unbranched alkanes of at least 4 members (excludes halogenated alkanes) is 14. The fourth-order valence-corrected chi connectivity index (χ4v) is 3.12. The quantitative estimate of drug-likeness (QED) is 0.302. The molecule has 0 fully saturated rings. The van der Waals surface area contributed by atoms with E-state index in [-0.39, 0.29) is 18.8 Å². The smallest absolute Gasteiger partial charge is 0.135 e. The van der Waals surface area contributed by atoms with E-state index in [2.05, 4.69) is 6.92 Å². The zero-order chi connectivity index (χ0) is 17.9. The first-order valence-electron chi connectivity index (χ1n) is 10.5. The summed E-state index contributed by atoms with van der Waals surface area (Å²) >= 11 is 0. The second-order valence-electron chi connectivity index (χ2n) is 7.28. The van der Waals surface area contributed by atoms with Gasteiger partial charge in [0, 0.05) is 12.8 Å². The van der Waals surface area contributed by atoms with Gasteiger partial charge in [0.05, 0.1) is 12.7 Å². The van der Waals surface area contributed by atoms with Crippen molar-refractivity contribution in [3.05, 3.63) is 0 Å². The van der Waals surface area contributed by atoms with E-state index in [1.54, 1.807) is 0 Å².